The largest absolute Gasteiger partial charge is 0.495 e. The maximum Gasteiger partial charge on any atom is 0.355 e. The van der Waals surface area contributed by atoms with Crippen LogP contribution in [0.1, 0.15) is 10.4 Å². The molecule has 0 atom stereocenters. The predicted molar refractivity (Wildman–Crippen MR) is 93.3 cm³/mol. The molecule has 1 aliphatic rings. The molecule has 0 aliphatic carbocycles. The fourth-order valence-corrected chi connectivity index (χ4v) is 2.38. The summed E-state index contributed by atoms with van der Waals surface area (Å²) in [6.07, 6.45) is 6.13. The summed E-state index contributed by atoms with van der Waals surface area (Å²) >= 11 is 0. The Bertz CT molecular complexity index is 838. The highest BCUT2D eigenvalue weighted by Gasteiger charge is 2.29. The van der Waals surface area contributed by atoms with Crippen LogP contribution in [-0.4, -0.2) is 39.2 Å². The number of hydrogen-bond donors (Lipinski definition) is 1. The normalized spacial score (nSPS) is 13.3. The van der Waals surface area contributed by atoms with E-state index in [4.69, 9.17) is 19.9 Å². The van der Waals surface area contributed by atoms with Crippen molar-refractivity contribution in [2.75, 3.05) is 26.2 Å². The molecule has 26 heavy (non-hydrogen) atoms. The molecular formula is C18H18N2O6. The van der Waals surface area contributed by atoms with Crippen molar-refractivity contribution in [3.63, 3.8) is 0 Å². The van der Waals surface area contributed by atoms with Crippen molar-refractivity contribution >= 4 is 23.5 Å². The second-order valence-corrected chi connectivity index (χ2v) is 5.07. The number of carbonyl (C=O) groups is 3. The number of benzene rings is 1. The fraction of sp³-hybridized carbons (Fsp3) is 0.167. The van der Waals surface area contributed by atoms with Crippen molar-refractivity contribution in [1.29, 1.82) is 0 Å². The molecule has 136 valence electrons. The van der Waals surface area contributed by atoms with E-state index in [1.807, 2.05) is 0 Å². The van der Waals surface area contributed by atoms with Gasteiger partial charge in [-0.3, -0.25) is 4.79 Å². The number of carbonyl (C=O) groups excluding carboxylic acids is 3. The molecule has 0 saturated carbocycles. The third-order valence-electron chi connectivity index (χ3n) is 3.61. The first-order valence-electron chi connectivity index (χ1n) is 7.47. The number of nitrogens with two attached hydrogens (primary N) is 1. The summed E-state index contributed by atoms with van der Waals surface area (Å²) < 4.78 is 14.9. The molecule has 8 heteroatoms. The van der Waals surface area contributed by atoms with Crippen molar-refractivity contribution in [3.8, 4) is 5.75 Å². The molecule has 8 nitrogen and oxygen atoms in total. The SMILES string of the molecule is COC(=O)C1=C(C(=O)OC)N(c2cc(C(N)=O)ccc2OC)C=CC=C1. The van der Waals surface area contributed by atoms with E-state index in [2.05, 4.69) is 0 Å². The van der Waals surface area contributed by atoms with Gasteiger partial charge in [0.25, 0.3) is 0 Å². The van der Waals surface area contributed by atoms with Crippen LogP contribution in [0.4, 0.5) is 5.69 Å². The number of primary amides is 1. The molecule has 1 aromatic rings. The van der Waals surface area contributed by atoms with Crippen LogP contribution in [0.3, 0.4) is 0 Å². The third kappa shape index (κ3) is 3.59. The Kier molecular flexibility index (Phi) is 5.79. The van der Waals surface area contributed by atoms with Gasteiger partial charge in [0.2, 0.25) is 5.91 Å². The highest BCUT2D eigenvalue weighted by Crippen LogP contribution is 2.34. The lowest BCUT2D eigenvalue weighted by atomic mass is 10.1. The number of hydrogen-bond acceptors (Lipinski definition) is 7. The van der Waals surface area contributed by atoms with E-state index in [9.17, 15) is 14.4 Å². The van der Waals surface area contributed by atoms with Gasteiger partial charge >= 0.3 is 11.9 Å². The number of anilines is 1. The first-order valence-corrected chi connectivity index (χ1v) is 7.47. The van der Waals surface area contributed by atoms with Gasteiger partial charge in [0.05, 0.1) is 32.6 Å². The van der Waals surface area contributed by atoms with Gasteiger partial charge in [0, 0.05) is 11.8 Å². The van der Waals surface area contributed by atoms with E-state index in [-0.39, 0.29) is 16.8 Å². The Morgan fingerprint density at radius 1 is 1.00 bits per heavy atom. The average Bonchev–Trinajstić information content (AvgIpc) is 2.88. The molecule has 0 radical (unpaired) electrons. The van der Waals surface area contributed by atoms with Crippen LogP contribution >= 0.6 is 0 Å². The molecule has 1 heterocycles. The maximum atomic E-state index is 12.4. The molecule has 2 rings (SSSR count). The highest BCUT2D eigenvalue weighted by molar-refractivity contribution is 6.06. The van der Waals surface area contributed by atoms with Crippen molar-refractivity contribution in [2.24, 2.45) is 5.73 Å². The van der Waals surface area contributed by atoms with Crippen molar-refractivity contribution < 1.29 is 28.6 Å². The molecule has 1 aliphatic heterocycles. The smallest absolute Gasteiger partial charge is 0.355 e. The quantitative estimate of drug-likeness (QED) is 0.790. The number of esters is 2. The van der Waals surface area contributed by atoms with Crippen LogP contribution in [0.15, 0.2) is 53.9 Å². The van der Waals surface area contributed by atoms with E-state index in [1.165, 1.54) is 56.7 Å². The zero-order valence-corrected chi connectivity index (χ0v) is 14.5. The summed E-state index contributed by atoms with van der Waals surface area (Å²) in [5.74, 6) is -1.79. The molecule has 0 saturated heterocycles. The van der Waals surface area contributed by atoms with E-state index >= 15 is 0 Å². The van der Waals surface area contributed by atoms with Gasteiger partial charge in [0.15, 0.2) is 0 Å². The van der Waals surface area contributed by atoms with Crippen molar-refractivity contribution in [3.05, 3.63) is 59.5 Å². The minimum Gasteiger partial charge on any atom is -0.495 e. The zero-order chi connectivity index (χ0) is 19.3. The number of methoxy groups -OCH3 is 3. The summed E-state index contributed by atoms with van der Waals surface area (Å²) in [5.41, 5.74) is 5.76. The lowest BCUT2D eigenvalue weighted by molar-refractivity contribution is -0.139. The molecule has 2 N–H and O–H groups in total. The molecule has 1 amide bonds. The summed E-state index contributed by atoms with van der Waals surface area (Å²) in [5, 5.41) is 0. The van der Waals surface area contributed by atoms with Gasteiger partial charge in [-0.1, -0.05) is 6.08 Å². The van der Waals surface area contributed by atoms with Crippen LogP contribution in [0, 0.1) is 0 Å². The maximum absolute atomic E-state index is 12.4. The lowest BCUT2D eigenvalue weighted by Gasteiger charge is -2.25. The number of rotatable bonds is 5. The van der Waals surface area contributed by atoms with Gasteiger partial charge in [-0.15, -0.1) is 0 Å². The van der Waals surface area contributed by atoms with Gasteiger partial charge in [-0.05, 0) is 30.4 Å². The van der Waals surface area contributed by atoms with Gasteiger partial charge in [-0.25, -0.2) is 9.59 Å². The zero-order valence-electron chi connectivity index (χ0n) is 14.5. The van der Waals surface area contributed by atoms with Crippen LogP contribution in [-0.2, 0) is 19.1 Å². The lowest BCUT2D eigenvalue weighted by Crippen LogP contribution is -2.27. The molecule has 0 bridgehead atoms. The summed E-state index contributed by atoms with van der Waals surface area (Å²) in [6.45, 7) is 0. The molecule has 0 fully saturated rings. The Labute approximate surface area is 150 Å². The first-order chi connectivity index (χ1) is 12.4. The molecular weight excluding hydrogens is 340 g/mol. The molecule has 0 spiro atoms. The Morgan fingerprint density at radius 2 is 1.69 bits per heavy atom. The number of nitrogens with zero attached hydrogens (tertiary/aromatic N) is 1. The van der Waals surface area contributed by atoms with E-state index in [0.717, 1.165) is 0 Å². The van der Waals surface area contributed by atoms with Crippen LogP contribution in [0.5, 0.6) is 5.75 Å². The van der Waals surface area contributed by atoms with E-state index in [1.54, 1.807) is 12.2 Å². The predicted octanol–water partition coefficient (Wildman–Crippen LogP) is 1.28. The van der Waals surface area contributed by atoms with E-state index < -0.39 is 17.8 Å². The Hall–Kier alpha value is -3.55. The summed E-state index contributed by atoms with van der Waals surface area (Å²) in [6, 6.07) is 4.48. The van der Waals surface area contributed by atoms with E-state index in [0.29, 0.717) is 11.4 Å². The third-order valence-corrected chi connectivity index (χ3v) is 3.61. The summed E-state index contributed by atoms with van der Waals surface area (Å²) in [4.78, 5) is 37.5. The second kappa shape index (κ2) is 8.02. The minimum absolute atomic E-state index is 0.0177. The number of amides is 1. The summed E-state index contributed by atoms with van der Waals surface area (Å²) in [7, 11) is 3.83. The van der Waals surface area contributed by atoms with Gasteiger partial charge in [0.1, 0.15) is 11.4 Å². The van der Waals surface area contributed by atoms with Gasteiger partial charge in [-0.2, -0.15) is 0 Å². The van der Waals surface area contributed by atoms with Crippen LogP contribution < -0.4 is 15.4 Å². The minimum atomic E-state index is -0.770. The van der Waals surface area contributed by atoms with Crippen LogP contribution in [0.25, 0.3) is 0 Å². The number of allylic oxidation sites excluding steroid dienone is 2. The standard InChI is InChI=1S/C18H18N2O6/c1-24-14-8-7-11(16(19)21)10-13(14)20-9-5-4-6-12(17(22)25-2)15(20)18(23)26-3/h4-10H,1-3H3,(H2,19,21). The fourth-order valence-electron chi connectivity index (χ4n) is 2.38. The molecule has 0 aromatic heterocycles. The molecule has 1 aromatic carbocycles. The second-order valence-electron chi connectivity index (χ2n) is 5.07. The van der Waals surface area contributed by atoms with Crippen LogP contribution in [0.2, 0.25) is 0 Å². The first kappa shape index (κ1) is 18.8. The van der Waals surface area contributed by atoms with Crippen molar-refractivity contribution in [2.45, 2.75) is 0 Å². The topological polar surface area (TPSA) is 108 Å². The Balaban J connectivity index is 2.76. The number of ether oxygens (including phenoxy) is 3. The average molecular weight is 358 g/mol. The van der Waals surface area contributed by atoms with Gasteiger partial charge < -0.3 is 24.8 Å². The Morgan fingerprint density at radius 3 is 2.27 bits per heavy atom. The molecule has 0 unspecified atom stereocenters. The highest BCUT2D eigenvalue weighted by atomic mass is 16.5. The van der Waals surface area contributed by atoms with Crippen molar-refractivity contribution in [1.82, 2.24) is 0 Å². The monoisotopic (exact) mass is 358 g/mol.